The predicted molar refractivity (Wildman–Crippen MR) is 82.0 cm³/mol. The molecule has 0 aliphatic heterocycles. The topological polar surface area (TPSA) is 87.7 Å². The van der Waals surface area contributed by atoms with E-state index in [9.17, 15) is 4.79 Å². The minimum Gasteiger partial charge on any atom is -0.409 e. The quantitative estimate of drug-likeness (QED) is 0.344. The van der Waals surface area contributed by atoms with Crippen LogP contribution >= 0.6 is 0 Å². The van der Waals surface area contributed by atoms with Gasteiger partial charge in [-0.3, -0.25) is 4.79 Å². The zero-order valence-corrected chi connectivity index (χ0v) is 12.8. The van der Waals surface area contributed by atoms with Gasteiger partial charge in [-0.2, -0.15) is 0 Å². The lowest BCUT2D eigenvalue weighted by atomic mass is 9.61. The summed E-state index contributed by atoms with van der Waals surface area (Å²) in [6, 6.07) is 7.92. The number of nitrogens with one attached hydrogen (secondary N) is 1. The van der Waals surface area contributed by atoms with Gasteiger partial charge in [-0.25, -0.2) is 0 Å². The Kier molecular flexibility index (Phi) is 4.21. The number of hydrogen-bond acceptors (Lipinski definition) is 3. The molecule has 21 heavy (non-hydrogen) atoms. The molecule has 1 aromatic rings. The average molecular weight is 289 g/mol. The van der Waals surface area contributed by atoms with E-state index in [1.54, 1.807) is 0 Å². The predicted octanol–water partition coefficient (Wildman–Crippen LogP) is 2.33. The van der Waals surface area contributed by atoms with Crippen LogP contribution in [0, 0.1) is 18.3 Å². The van der Waals surface area contributed by atoms with E-state index in [4.69, 9.17) is 10.9 Å². The van der Waals surface area contributed by atoms with E-state index in [-0.39, 0.29) is 17.8 Å². The van der Waals surface area contributed by atoms with Gasteiger partial charge >= 0.3 is 0 Å². The molecule has 1 aliphatic carbocycles. The number of hydrogen-bond donors (Lipinski definition) is 3. The summed E-state index contributed by atoms with van der Waals surface area (Å²) in [4.78, 5) is 12.6. The molecule has 1 atom stereocenters. The minimum atomic E-state index is -0.854. The molecule has 1 saturated carbocycles. The molecule has 0 saturated heterocycles. The van der Waals surface area contributed by atoms with Crippen LogP contribution in [-0.4, -0.2) is 17.0 Å². The molecule has 1 aliphatic rings. The van der Waals surface area contributed by atoms with Crippen LogP contribution in [0.2, 0.25) is 0 Å². The number of oxime groups is 1. The van der Waals surface area contributed by atoms with Crippen molar-refractivity contribution in [2.24, 2.45) is 22.2 Å². The molecule has 1 unspecified atom stereocenters. The van der Waals surface area contributed by atoms with E-state index >= 15 is 0 Å². The Balaban J connectivity index is 2.11. The number of nitrogens with zero attached hydrogens (tertiary/aromatic N) is 1. The molecule has 5 nitrogen and oxygen atoms in total. The first-order valence-electron chi connectivity index (χ1n) is 7.24. The van der Waals surface area contributed by atoms with E-state index in [2.05, 4.69) is 17.4 Å². The van der Waals surface area contributed by atoms with Crippen LogP contribution in [0.3, 0.4) is 0 Å². The summed E-state index contributed by atoms with van der Waals surface area (Å²) < 4.78 is 0. The van der Waals surface area contributed by atoms with Crippen molar-refractivity contribution in [1.29, 1.82) is 0 Å². The van der Waals surface area contributed by atoms with Crippen molar-refractivity contribution < 1.29 is 10.0 Å². The lowest BCUT2D eigenvalue weighted by Gasteiger charge is -2.44. The zero-order chi connectivity index (χ0) is 15.6. The van der Waals surface area contributed by atoms with E-state index < -0.39 is 5.41 Å². The van der Waals surface area contributed by atoms with Gasteiger partial charge in [0.25, 0.3) is 0 Å². The summed E-state index contributed by atoms with van der Waals surface area (Å²) in [6.45, 7) is 6.01. The molecule has 1 amide bonds. The van der Waals surface area contributed by atoms with Crippen LogP contribution in [0.1, 0.15) is 43.9 Å². The maximum Gasteiger partial charge on any atom is 0.234 e. The summed E-state index contributed by atoms with van der Waals surface area (Å²) in [6.07, 6.45) is 1.24. The Hall–Kier alpha value is -2.04. The summed E-state index contributed by atoms with van der Waals surface area (Å²) in [7, 11) is 0. The number of benzene rings is 1. The van der Waals surface area contributed by atoms with Crippen LogP contribution in [-0.2, 0) is 4.79 Å². The van der Waals surface area contributed by atoms with Crippen LogP contribution in [0.5, 0.6) is 0 Å². The molecule has 2 rings (SSSR count). The van der Waals surface area contributed by atoms with Crippen LogP contribution in [0.25, 0.3) is 0 Å². The highest BCUT2D eigenvalue weighted by Crippen LogP contribution is 2.46. The summed E-state index contributed by atoms with van der Waals surface area (Å²) in [5, 5.41) is 15.0. The molecule has 1 aromatic carbocycles. The third-order valence-electron chi connectivity index (χ3n) is 4.35. The van der Waals surface area contributed by atoms with Crippen LogP contribution in [0.4, 0.5) is 0 Å². The summed E-state index contributed by atoms with van der Waals surface area (Å²) in [5.41, 5.74) is 7.11. The molecule has 114 valence electrons. The van der Waals surface area contributed by atoms with Crippen molar-refractivity contribution in [3.8, 4) is 0 Å². The molecular weight excluding hydrogens is 266 g/mol. The maximum absolute atomic E-state index is 12.6. The molecule has 1 fully saturated rings. The maximum atomic E-state index is 12.6. The molecule has 0 bridgehead atoms. The van der Waals surface area contributed by atoms with E-state index in [1.807, 2.05) is 38.1 Å². The van der Waals surface area contributed by atoms with Gasteiger partial charge in [-0.05, 0) is 38.2 Å². The minimum absolute atomic E-state index is 0.00852. The van der Waals surface area contributed by atoms with Crippen molar-refractivity contribution >= 4 is 11.7 Å². The molecule has 0 spiro atoms. The van der Waals surface area contributed by atoms with Gasteiger partial charge in [0.1, 0.15) is 5.41 Å². The molecule has 0 heterocycles. The fraction of sp³-hybridized carbons (Fsp3) is 0.500. The molecule has 0 radical (unpaired) electrons. The number of amides is 1. The molecular formula is C16H23N3O2. The SMILES string of the molecule is Cc1ccc(C(C)NC(=O)C2(/C(N)=N/O)CC(C)C2)cc1. The Morgan fingerprint density at radius 1 is 1.43 bits per heavy atom. The first-order chi connectivity index (χ1) is 9.89. The van der Waals surface area contributed by atoms with Gasteiger partial charge in [0, 0.05) is 0 Å². The molecule has 4 N–H and O–H groups in total. The van der Waals surface area contributed by atoms with E-state index in [0.29, 0.717) is 18.8 Å². The lowest BCUT2D eigenvalue weighted by Crippen LogP contribution is -2.57. The van der Waals surface area contributed by atoms with Crippen molar-refractivity contribution in [3.63, 3.8) is 0 Å². The smallest absolute Gasteiger partial charge is 0.234 e. The highest BCUT2D eigenvalue weighted by molar-refractivity contribution is 6.07. The lowest BCUT2D eigenvalue weighted by molar-refractivity contribution is -0.133. The summed E-state index contributed by atoms with van der Waals surface area (Å²) in [5.74, 6) is 0.254. The third-order valence-corrected chi connectivity index (χ3v) is 4.35. The van der Waals surface area contributed by atoms with E-state index in [1.165, 1.54) is 5.56 Å². The Labute approximate surface area is 125 Å². The third kappa shape index (κ3) is 2.86. The monoisotopic (exact) mass is 289 g/mol. The average Bonchev–Trinajstić information content (AvgIpc) is 2.43. The largest absolute Gasteiger partial charge is 0.409 e. The highest BCUT2D eigenvalue weighted by atomic mass is 16.4. The zero-order valence-electron chi connectivity index (χ0n) is 12.8. The number of aryl methyl sites for hydroxylation is 1. The van der Waals surface area contributed by atoms with Crippen molar-refractivity contribution in [3.05, 3.63) is 35.4 Å². The van der Waals surface area contributed by atoms with Crippen molar-refractivity contribution in [2.75, 3.05) is 0 Å². The first-order valence-corrected chi connectivity index (χ1v) is 7.24. The first kappa shape index (κ1) is 15.4. The number of carbonyl (C=O) groups is 1. The number of nitrogens with two attached hydrogens (primary N) is 1. The second-order valence-electron chi connectivity index (χ2n) is 6.19. The van der Waals surface area contributed by atoms with Gasteiger partial charge < -0.3 is 16.3 Å². The highest BCUT2D eigenvalue weighted by Gasteiger charge is 2.52. The number of amidine groups is 1. The molecule has 5 heteroatoms. The second-order valence-corrected chi connectivity index (χ2v) is 6.19. The Morgan fingerprint density at radius 2 is 2.00 bits per heavy atom. The van der Waals surface area contributed by atoms with Gasteiger partial charge in [0.15, 0.2) is 5.84 Å². The number of rotatable bonds is 4. The standard InChI is InChI=1S/C16H23N3O2/c1-10-4-6-13(7-5-10)12(3)18-15(20)16(14(17)19-21)8-11(2)9-16/h4-7,11-12,21H,8-9H2,1-3H3,(H2,17,19)(H,18,20). The van der Waals surface area contributed by atoms with Gasteiger partial charge in [0.05, 0.1) is 6.04 Å². The Morgan fingerprint density at radius 3 is 2.48 bits per heavy atom. The Bertz CT molecular complexity index is 545. The van der Waals surface area contributed by atoms with Gasteiger partial charge in [-0.15, -0.1) is 0 Å². The van der Waals surface area contributed by atoms with Crippen LogP contribution in [0.15, 0.2) is 29.4 Å². The van der Waals surface area contributed by atoms with Crippen molar-refractivity contribution in [1.82, 2.24) is 5.32 Å². The van der Waals surface area contributed by atoms with Gasteiger partial charge in [0.2, 0.25) is 5.91 Å². The van der Waals surface area contributed by atoms with Crippen LogP contribution < -0.4 is 11.1 Å². The fourth-order valence-electron chi connectivity index (χ4n) is 3.01. The summed E-state index contributed by atoms with van der Waals surface area (Å²) >= 11 is 0. The van der Waals surface area contributed by atoms with Crippen molar-refractivity contribution in [2.45, 2.75) is 39.7 Å². The molecule has 0 aromatic heterocycles. The second kappa shape index (κ2) is 5.76. The number of carbonyl (C=O) groups excluding carboxylic acids is 1. The van der Waals surface area contributed by atoms with E-state index in [0.717, 1.165) is 5.56 Å². The fourth-order valence-corrected chi connectivity index (χ4v) is 3.01. The normalized spacial score (nSPS) is 26.8. The van der Waals surface area contributed by atoms with Gasteiger partial charge in [-0.1, -0.05) is 41.9 Å².